The highest BCUT2D eigenvalue weighted by Gasteiger charge is 2.10. The van der Waals surface area contributed by atoms with Crippen LogP contribution >= 0.6 is 0 Å². The average Bonchev–Trinajstić information content (AvgIpc) is 3.24. The van der Waals surface area contributed by atoms with E-state index >= 15 is 0 Å². The minimum absolute atomic E-state index is 0.235. The van der Waals surface area contributed by atoms with Crippen LogP contribution in [0.3, 0.4) is 0 Å². The Hall–Kier alpha value is -3.08. The van der Waals surface area contributed by atoms with Gasteiger partial charge in [0.1, 0.15) is 0 Å². The number of hydrogen-bond donors (Lipinski definition) is 1. The molecule has 5 nitrogen and oxygen atoms in total. The number of furan rings is 1. The second-order valence-electron chi connectivity index (χ2n) is 5.86. The van der Waals surface area contributed by atoms with Crippen molar-refractivity contribution in [1.29, 1.82) is 0 Å². The molecule has 0 saturated carbocycles. The van der Waals surface area contributed by atoms with Crippen molar-refractivity contribution in [2.24, 2.45) is 5.10 Å². The van der Waals surface area contributed by atoms with Gasteiger partial charge < -0.3 is 8.98 Å². The summed E-state index contributed by atoms with van der Waals surface area (Å²) in [6.45, 7) is 6.24. The Morgan fingerprint density at radius 1 is 1.24 bits per heavy atom. The molecule has 2 aromatic heterocycles. The first-order chi connectivity index (χ1) is 12.1. The molecule has 0 aliphatic heterocycles. The molecule has 3 aromatic rings. The van der Waals surface area contributed by atoms with Crippen molar-refractivity contribution >= 4 is 12.1 Å². The highest BCUT2D eigenvalue weighted by atomic mass is 16.3. The van der Waals surface area contributed by atoms with E-state index in [1.54, 1.807) is 18.3 Å². The summed E-state index contributed by atoms with van der Waals surface area (Å²) in [5.41, 5.74) is 8.04. The normalized spacial score (nSPS) is 11.2. The third-order valence-electron chi connectivity index (χ3n) is 4.19. The van der Waals surface area contributed by atoms with Crippen molar-refractivity contribution in [2.45, 2.75) is 27.2 Å². The summed E-state index contributed by atoms with van der Waals surface area (Å²) in [6, 6.07) is 13.8. The zero-order valence-electron chi connectivity index (χ0n) is 14.6. The molecule has 2 heterocycles. The van der Waals surface area contributed by atoms with Crippen LogP contribution in [0.15, 0.2) is 58.2 Å². The van der Waals surface area contributed by atoms with E-state index in [0.29, 0.717) is 0 Å². The summed E-state index contributed by atoms with van der Waals surface area (Å²) >= 11 is 0. The second kappa shape index (κ2) is 7.21. The quantitative estimate of drug-likeness (QED) is 0.565. The molecule has 3 rings (SSSR count). The maximum atomic E-state index is 11.8. The van der Waals surface area contributed by atoms with Gasteiger partial charge in [-0.25, -0.2) is 5.43 Å². The van der Waals surface area contributed by atoms with Crippen LogP contribution in [0.1, 0.15) is 40.0 Å². The van der Waals surface area contributed by atoms with Crippen LogP contribution in [-0.2, 0) is 6.42 Å². The van der Waals surface area contributed by atoms with Gasteiger partial charge in [-0.1, -0.05) is 19.1 Å². The lowest BCUT2D eigenvalue weighted by atomic mass is 10.1. The number of hydrogen-bond acceptors (Lipinski definition) is 3. The predicted molar refractivity (Wildman–Crippen MR) is 98.4 cm³/mol. The largest absolute Gasteiger partial charge is 0.459 e. The topological polar surface area (TPSA) is 59.5 Å². The minimum Gasteiger partial charge on any atom is -0.459 e. The Balaban J connectivity index is 1.79. The van der Waals surface area contributed by atoms with Crippen molar-refractivity contribution in [3.05, 3.63) is 77.0 Å². The van der Waals surface area contributed by atoms with Crippen molar-refractivity contribution in [2.75, 3.05) is 0 Å². The van der Waals surface area contributed by atoms with Gasteiger partial charge in [0, 0.05) is 22.6 Å². The average molecular weight is 335 g/mol. The highest BCUT2D eigenvalue weighted by Crippen LogP contribution is 2.20. The van der Waals surface area contributed by atoms with Crippen molar-refractivity contribution in [3.8, 4) is 5.69 Å². The molecular formula is C20H21N3O2. The van der Waals surface area contributed by atoms with E-state index in [1.165, 1.54) is 11.8 Å². The molecule has 0 spiro atoms. The van der Waals surface area contributed by atoms with E-state index in [2.05, 4.69) is 53.2 Å². The Morgan fingerprint density at radius 2 is 2.00 bits per heavy atom. The van der Waals surface area contributed by atoms with Crippen LogP contribution in [0.5, 0.6) is 0 Å². The first-order valence-electron chi connectivity index (χ1n) is 8.25. The number of aromatic nitrogens is 1. The van der Waals surface area contributed by atoms with Crippen LogP contribution < -0.4 is 5.43 Å². The highest BCUT2D eigenvalue weighted by molar-refractivity contribution is 5.92. The SMILES string of the molecule is CCc1ccc(-n2c(C)cc(/C=N/NC(=O)c3ccco3)c2C)cc1. The van der Waals surface area contributed by atoms with Crippen LogP contribution in [-0.4, -0.2) is 16.7 Å². The lowest BCUT2D eigenvalue weighted by Crippen LogP contribution is -2.16. The zero-order chi connectivity index (χ0) is 17.8. The molecular weight excluding hydrogens is 314 g/mol. The number of carbonyl (C=O) groups is 1. The number of carbonyl (C=O) groups excluding carboxylic acids is 1. The summed E-state index contributed by atoms with van der Waals surface area (Å²) in [6.07, 6.45) is 4.13. The van der Waals surface area contributed by atoms with Gasteiger partial charge in [-0.2, -0.15) is 5.10 Å². The van der Waals surface area contributed by atoms with E-state index < -0.39 is 0 Å². The van der Waals surface area contributed by atoms with Gasteiger partial charge in [0.2, 0.25) is 0 Å². The maximum Gasteiger partial charge on any atom is 0.307 e. The van der Waals surface area contributed by atoms with Crippen molar-refractivity contribution in [1.82, 2.24) is 9.99 Å². The Morgan fingerprint density at radius 3 is 2.64 bits per heavy atom. The molecule has 0 radical (unpaired) electrons. The molecule has 0 atom stereocenters. The lowest BCUT2D eigenvalue weighted by molar-refractivity contribution is 0.0927. The number of nitrogens with zero attached hydrogens (tertiary/aromatic N) is 2. The Bertz CT molecular complexity index is 888. The van der Waals surface area contributed by atoms with Gasteiger partial charge in [0.05, 0.1) is 12.5 Å². The fourth-order valence-corrected chi connectivity index (χ4v) is 2.82. The summed E-state index contributed by atoms with van der Waals surface area (Å²) in [5.74, 6) is -0.135. The van der Waals surface area contributed by atoms with Gasteiger partial charge >= 0.3 is 5.91 Å². The van der Waals surface area contributed by atoms with E-state index in [4.69, 9.17) is 4.42 Å². The molecule has 0 saturated heterocycles. The molecule has 0 bridgehead atoms. The smallest absolute Gasteiger partial charge is 0.307 e. The van der Waals surface area contributed by atoms with Crippen molar-refractivity contribution < 1.29 is 9.21 Å². The van der Waals surface area contributed by atoms with Crippen LogP contribution in [0, 0.1) is 13.8 Å². The second-order valence-corrected chi connectivity index (χ2v) is 5.86. The number of amides is 1. The standard InChI is InChI=1S/C20H21N3O2/c1-4-16-7-9-18(10-8-16)23-14(2)12-17(15(23)3)13-21-22-20(24)19-6-5-11-25-19/h5-13H,4H2,1-3H3,(H,22,24)/b21-13+. The van der Waals surface area contributed by atoms with Gasteiger partial charge in [-0.05, 0) is 56.2 Å². The third-order valence-corrected chi connectivity index (χ3v) is 4.19. The van der Waals surface area contributed by atoms with Gasteiger partial charge in [-0.15, -0.1) is 0 Å². The van der Waals surface area contributed by atoms with Gasteiger partial charge in [-0.3, -0.25) is 4.79 Å². The molecule has 1 amide bonds. The monoisotopic (exact) mass is 335 g/mol. The summed E-state index contributed by atoms with van der Waals surface area (Å²) in [4.78, 5) is 11.8. The third kappa shape index (κ3) is 3.55. The summed E-state index contributed by atoms with van der Waals surface area (Å²) < 4.78 is 7.21. The molecule has 1 N–H and O–H groups in total. The Labute approximate surface area is 147 Å². The van der Waals surface area contributed by atoms with E-state index in [9.17, 15) is 4.79 Å². The van der Waals surface area contributed by atoms with E-state index in [-0.39, 0.29) is 11.7 Å². The summed E-state index contributed by atoms with van der Waals surface area (Å²) in [5, 5.41) is 4.04. The van der Waals surface area contributed by atoms with Crippen LogP contribution in [0.4, 0.5) is 0 Å². The van der Waals surface area contributed by atoms with Gasteiger partial charge in [0.15, 0.2) is 5.76 Å². The molecule has 0 fully saturated rings. The summed E-state index contributed by atoms with van der Waals surface area (Å²) in [7, 11) is 0. The fraction of sp³-hybridized carbons (Fsp3) is 0.200. The number of benzene rings is 1. The molecule has 5 heteroatoms. The molecule has 1 aromatic carbocycles. The van der Waals surface area contributed by atoms with Crippen molar-refractivity contribution in [3.63, 3.8) is 0 Å². The zero-order valence-corrected chi connectivity index (χ0v) is 14.6. The van der Waals surface area contributed by atoms with Gasteiger partial charge in [0.25, 0.3) is 0 Å². The fourth-order valence-electron chi connectivity index (χ4n) is 2.82. The molecule has 25 heavy (non-hydrogen) atoms. The molecule has 0 aliphatic rings. The minimum atomic E-state index is -0.370. The van der Waals surface area contributed by atoms with Crippen LogP contribution in [0.2, 0.25) is 0 Å². The molecule has 0 unspecified atom stereocenters. The first-order valence-corrected chi connectivity index (χ1v) is 8.25. The molecule has 0 aliphatic carbocycles. The van der Waals surface area contributed by atoms with Crippen LogP contribution in [0.25, 0.3) is 5.69 Å². The maximum absolute atomic E-state index is 11.8. The Kier molecular flexibility index (Phi) is 4.84. The number of aryl methyl sites for hydroxylation is 2. The number of nitrogens with one attached hydrogen (secondary N) is 1. The number of rotatable bonds is 5. The lowest BCUT2D eigenvalue weighted by Gasteiger charge is -2.10. The number of hydrazone groups is 1. The predicted octanol–water partition coefficient (Wildman–Crippen LogP) is 4.01. The van der Waals surface area contributed by atoms with E-state index in [1.807, 2.05) is 13.0 Å². The molecule has 128 valence electrons. The van der Waals surface area contributed by atoms with E-state index in [0.717, 1.165) is 29.1 Å². The first kappa shape index (κ1) is 16.8.